The quantitative estimate of drug-likeness (QED) is 0.837. The van der Waals surface area contributed by atoms with Gasteiger partial charge in [0.25, 0.3) is 0 Å². The van der Waals surface area contributed by atoms with Crippen LogP contribution >= 0.6 is 0 Å². The van der Waals surface area contributed by atoms with Gasteiger partial charge in [-0.2, -0.15) is 0 Å². The van der Waals surface area contributed by atoms with Crippen molar-refractivity contribution in [2.75, 3.05) is 26.2 Å². The molecule has 1 atom stereocenters. The Morgan fingerprint density at radius 1 is 1.17 bits per heavy atom. The molecule has 6 nitrogen and oxygen atoms in total. The number of amides is 3. The van der Waals surface area contributed by atoms with Gasteiger partial charge >= 0.3 is 12.1 Å². The molecule has 0 N–H and O–H groups in total. The van der Waals surface area contributed by atoms with Crippen molar-refractivity contribution in [1.82, 2.24) is 14.7 Å². The summed E-state index contributed by atoms with van der Waals surface area (Å²) >= 11 is 0. The molecule has 0 radical (unpaired) electrons. The first kappa shape index (κ1) is 16.6. The summed E-state index contributed by atoms with van der Waals surface area (Å²) in [6, 6.07) is 10.1. The number of urea groups is 1. The van der Waals surface area contributed by atoms with Crippen LogP contribution in [0.5, 0.6) is 0 Å². The molecule has 6 heteroatoms. The summed E-state index contributed by atoms with van der Waals surface area (Å²) in [5.41, 5.74) is 0.619. The minimum absolute atomic E-state index is 0.0440. The van der Waals surface area contributed by atoms with Crippen molar-refractivity contribution >= 4 is 12.1 Å². The second-order valence-corrected chi connectivity index (χ2v) is 7.42. The lowest BCUT2D eigenvalue weighted by Gasteiger charge is -2.37. The number of piperazine rings is 1. The van der Waals surface area contributed by atoms with E-state index in [9.17, 15) is 9.59 Å². The zero-order chi connectivity index (χ0) is 17.3. The number of carbonyl (C=O) groups excluding carboxylic acids is 2. The van der Waals surface area contributed by atoms with Gasteiger partial charge in [0.15, 0.2) is 0 Å². The molecule has 1 unspecified atom stereocenters. The largest absolute Gasteiger partial charge is 0.444 e. The van der Waals surface area contributed by atoms with Crippen molar-refractivity contribution in [3.05, 3.63) is 35.9 Å². The maximum absolute atomic E-state index is 12.6. The summed E-state index contributed by atoms with van der Waals surface area (Å²) in [6.07, 6.45) is -0.295. The summed E-state index contributed by atoms with van der Waals surface area (Å²) in [5, 5.41) is 0. The SMILES string of the molecule is CC(C)(C)OC(=O)N1CCN2C(=O)N(Cc3ccccc3)CC2C1. The Kier molecular flexibility index (Phi) is 4.39. The van der Waals surface area contributed by atoms with Crippen LogP contribution in [0.25, 0.3) is 0 Å². The lowest BCUT2D eigenvalue weighted by molar-refractivity contribution is 0.0128. The summed E-state index contributed by atoms with van der Waals surface area (Å²) < 4.78 is 5.44. The molecular weight excluding hydrogens is 306 g/mol. The van der Waals surface area contributed by atoms with Gasteiger partial charge in [-0.15, -0.1) is 0 Å². The molecule has 3 amide bonds. The molecule has 0 saturated carbocycles. The molecule has 130 valence electrons. The van der Waals surface area contributed by atoms with Crippen molar-refractivity contribution in [2.45, 2.75) is 39.0 Å². The van der Waals surface area contributed by atoms with Crippen LogP contribution in [0.4, 0.5) is 9.59 Å². The molecule has 0 spiro atoms. The number of fused-ring (bicyclic) bond motifs is 1. The number of ether oxygens (including phenoxy) is 1. The van der Waals surface area contributed by atoms with E-state index >= 15 is 0 Å². The highest BCUT2D eigenvalue weighted by molar-refractivity contribution is 5.78. The van der Waals surface area contributed by atoms with Crippen molar-refractivity contribution in [2.24, 2.45) is 0 Å². The van der Waals surface area contributed by atoms with Gasteiger partial charge in [-0.3, -0.25) is 0 Å². The van der Waals surface area contributed by atoms with E-state index in [0.717, 1.165) is 5.56 Å². The van der Waals surface area contributed by atoms with E-state index in [1.54, 1.807) is 4.90 Å². The van der Waals surface area contributed by atoms with Crippen molar-refractivity contribution in [3.8, 4) is 0 Å². The average molecular weight is 331 g/mol. The van der Waals surface area contributed by atoms with Gasteiger partial charge in [0.2, 0.25) is 0 Å². The van der Waals surface area contributed by atoms with Crippen molar-refractivity contribution in [1.29, 1.82) is 0 Å². The Balaban J connectivity index is 1.62. The van der Waals surface area contributed by atoms with Crippen molar-refractivity contribution < 1.29 is 14.3 Å². The normalized spacial score (nSPS) is 21.0. The van der Waals surface area contributed by atoms with Gasteiger partial charge in [0, 0.05) is 32.7 Å². The number of nitrogens with zero attached hydrogens (tertiary/aromatic N) is 3. The average Bonchev–Trinajstić information content (AvgIpc) is 2.82. The van der Waals surface area contributed by atoms with Gasteiger partial charge < -0.3 is 19.4 Å². The van der Waals surface area contributed by atoms with E-state index in [-0.39, 0.29) is 18.2 Å². The molecule has 24 heavy (non-hydrogen) atoms. The minimum Gasteiger partial charge on any atom is -0.444 e. The summed E-state index contributed by atoms with van der Waals surface area (Å²) in [6.45, 7) is 8.47. The molecule has 2 aliphatic rings. The standard InChI is InChI=1S/C18H25N3O3/c1-18(2,3)24-17(23)19-9-10-21-15(12-19)13-20(16(21)22)11-14-7-5-4-6-8-14/h4-8,15H,9-13H2,1-3H3. The number of benzene rings is 1. The van der Waals surface area contributed by atoms with Gasteiger partial charge in [-0.05, 0) is 26.3 Å². The Morgan fingerprint density at radius 2 is 1.88 bits per heavy atom. The highest BCUT2D eigenvalue weighted by atomic mass is 16.6. The van der Waals surface area contributed by atoms with Crippen LogP contribution < -0.4 is 0 Å². The summed E-state index contributed by atoms with van der Waals surface area (Å²) in [4.78, 5) is 30.3. The fourth-order valence-corrected chi connectivity index (χ4v) is 3.21. The maximum Gasteiger partial charge on any atom is 0.410 e. The zero-order valence-electron chi connectivity index (χ0n) is 14.6. The molecule has 2 saturated heterocycles. The van der Waals surface area contributed by atoms with Crippen LogP contribution in [0, 0.1) is 0 Å². The minimum atomic E-state index is -0.501. The fourth-order valence-electron chi connectivity index (χ4n) is 3.21. The molecule has 0 bridgehead atoms. The third-order valence-corrected chi connectivity index (χ3v) is 4.30. The van der Waals surface area contributed by atoms with E-state index in [1.807, 2.05) is 60.9 Å². The second-order valence-electron chi connectivity index (χ2n) is 7.42. The first-order valence-corrected chi connectivity index (χ1v) is 8.41. The molecular formula is C18H25N3O3. The first-order chi connectivity index (χ1) is 11.3. The molecule has 1 aromatic carbocycles. The molecule has 2 aliphatic heterocycles. The van der Waals surface area contributed by atoms with Crippen LogP contribution in [-0.2, 0) is 11.3 Å². The molecule has 1 aromatic rings. The highest BCUT2D eigenvalue weighted by Crippen LogP contribution is 2.23. The highest BCUT2D eigenvalue weighted by Gasteiger charge is 2.42. The second kappa shape index (κ2) is 6.34. The smallest absolute Gasteiger partial charge is 0.410 e. The first-order valence-electron chi connectivity index (χ1n) is 8.41. The van der Waals surface area contributed by atoms with Crippen molar-refractivity contribution in [3.63, 3.8) is 0 Å². The lowest BCUT2D eigenvalue weighted by Crippen LogP contribution is -2.54. The third kappa shape index (κ3) is 3.63. The Bertz CT molecular complexity index is 612. The topological polar surface area (TPSA) is 53.1 Å². The monoisotopic (exact) mass is 331 g/mol. The molecule has 2 heterocycles. The predicted molar refractivity (Wildman–Crippen MR) is 90.5 cm³/mol. The van der Waals surface area contributed by atoms with Gasteiger partial charge in [0.05, 0.1) is 6.04 Å². The zero-order valence-corrected chi connectivity index (χ0v) is 14.6. The van der Waals surface area contributed by atoms with Gasteiger partial charge in [0.1, 0.15) is 5.60 Å². The van der Waals surface area contributed by atoms with E-state index < -0.39 is 5.60 Å². The number of hydrogen-bond acceptors (Lipinski definition) is 3. The van der Waals surface area contributed by atoms with Crippen LogP contribution in [0.2, 0.25) is 0 Å². The van der Waals surface area contributed by atoms with Gasteiger partial charge in [-0.1, -0.05) is 30.3 Å². The number of rotatable bonds is 2. The number of hydrogen-bond donors (Lipinski definition) is 0. The summed E-state index contributed by atoms with van der Waals surface area (Å²) in [7, 11) is 0. The molecule has 3 rings (SSSR count). The number of carbonyl (C=O) groups is 2. The van der Waals surface area contributed by atoms with Gasteiger partial charge in [-0.25, -0.2) is 9.59 Å². The van der Waals surface area contributed by atoms with E-state index in [4.69, 9.17) is 4.74 Å². The van der Waals surface area contributed by atoms with E-state index in [1.165, 1.54) is 0 Å². The van der Waals surface area contributed by atoms with Crippen LogP contribution in [-0.4, -0.2) is 64.6 Å². The molecule has 0 aromatic heterocycles. The Labute approximate surface area is 143 Å². The van der Waals surface area contributed by atoms with Crippen LogP contribution in [0.3, 0.4) is 0 Å². The summed E-state index contributed by atoms with van der Waals surface area (Å²) in [5.74, 6) is 0. The maximum atomic E-state index is 12.6. The van der Waals surface area contributed by atoms with Crippen LogP contribution in [0.15, 0.2) is 30.3 Å². The molecule has 2 fully saturated rings. The predicted octanol–water partition coefficient (Wildman–Crippen LogP) is 2.54. The Hall–Kier alpha value is -2.24. The molecule has 0 aliphatic carbocycles. The third-order valence-electron chi connectivity index (χ3n) is 4.30. The lowest BCUT2D eigenvalue weighted by atomic mass is 10.2. The fraction of sp³-hybridized carbons (Fsp3) is 0.556. The Morgan fingerprint density at radius 3 is 2.54 bits per heavy atom. The van der Waals surface area contributed by atoms with E-state index in [0.29, 0.717) is 32.7 Å². The van der Waals surface area contributed by atoms with E-state index in [2.05, 4.69) is 0 Å². The van der Waals surface area contributed by atoms with Crippen LogP contribution in [0.1, 0.15) is 26.3 Å².